The van der Waals surface area contributed by atoms with Crippen molar-refractivity contribution in [3.63, 3.8) is 0 Å². The number of aryl methyl sites for hydroxylation is 1. The lowest BCUT2D eigenvalue weighted by molar-refractivity contribution is 0.788. The molecule has 0 bridgehead atoms. The molecule has 0 spiro atoms. The van der Waals surface area contributed by atoms with Gasteiger partial charge in [-0.15, -0.1) is 0 Å². The maximum atomic E-state index is 3.55. The molecular formula is C17H16Br2. The van der Waals surface area contributed by atoms with E-state index in [4.69, 9.17) is 0 Å². The number of hydrogen-bond donors (Lipinski definition) is 0. The third-order valence-corrected chi connectivity index (χ3v) is 4.73. The summed E-state index contributed by atoms with van der Waals surface area (Å²) in [4.78, 5) is 0. The fraction of sp³-hybridized carbons (Fsp3) is 0.294. The minimum absolute atomic E-state index is 0.439. The van der Waals surface area contributed by atoms with Crippen LogP contribution in [0.1, 0.15) is 29.5 Å². The highest BCUT2D eigenvalue weighted by molar-refractivity contribution is 9.24. The molecule has 19 heavy (non-hydrogen) atoms. The highest BCUT2D eigenvalue weighted by Crippen LogP contribution is 2.38. The van der Waals surface area contributed by atoms with Crippen molar-refractivity contribution in [3.8, 4) is 11.1 Å². The smallest absolute Gasteiger partial charge is 0.0698 e. The van der Waals surface area contributed by atoms with Crippen LogP contribution >= 0.6 is 31.9 Å². The van der Waals surface area contributed by atoms with E-state index in [1.807, 2.05) is 0 Å². The predicted molar refractivity (Wildman–Crippen MR) is 89.3 cm³/mol. The van der Waals surface area contributed by atoms with Gasteiger partial charge in [-0.1, -0.05) is 74.3 Å². The van der Waals surface area contributed by atoms with Gasteiger partial charge in [0.05, 0.1) is 3.74 Å². The second-order valence-electron chi connectivity index (χ2n) is 5.06. The summed E-state index contributed by atoms with van der Waals surface area (Å²) in [6.45, 7) is 0. The van der Waals surface area contributed by atoms with E-state index in [1.165, 1.54) is 35.1 Å². The van der Waals surface area contributed by atoms with Crippen molar-refractivity contribution in [3.05, 3.63) is 59.2 Å². The summed E-state index contributed by atoms with van der Waals surface area (Å²) in [6, 6.07) is 15.6. The molecule has 0 unspecified atom stereocenters. The molecule has 0 N–H and O–H groups in total. The minimum atomic E-state index is 0.439. The molecule has 0 fully saturated rings. The Morgan fingerprint density at radius 1 is 0.947 bits per heavy atom. The van der Waals surface area contributed by atoms with E-state index >= 15 is 0 Å². The lowest BCUT2D eigenvalue weighted by Gasteiger charge is -2.09. The molecular weight excluding hydrogens is 364 g/mol. The first-order valence-electron chi connectivity index (χ1n) is 6.73. The molecule has 3 rings (SSSR count). The van der Waals surface area contributed by atoms with Crippen molar-refractivity contribution in [2.24, 2.45) is 0 Å². The molecule has 2 aromatic carbocycles. The van der Waals surface area contributed by atoms with Crippen molar-refractivity contribution < 1.29 is 0 Å². The van der Waals surface area contributed by atoms with Crippen LogP contribution in [0.15, 0.2) is 42.5 Å². The Hall–Kier alpha value is -0.600. The van der Waals surface area contributed by atoms with Gasteiger partial charge in [0, 0.05) is 0 Å². The minimum Gasteiger partial charge on any atom is -0.0765 e. The van der Waals surface area contributed by atoms with Crippen LogP contribution in [0.3, 0.4) is 0 Å². The molecule has 0 heterocycles. The summed E-state index contributed by atoms with van der Waals surface area (Å²) in [6.07, 6.45) is 4.66. The first-order chi connectivity index (χ1) is 9.25. The van der Waals surface area contributed by atoms with Gasteiger partial charge in [0.1, 0.15) is 0 Å². The third-order valence-electron chi connectivity index (χ3n) is 3.82. The molecule has 0 aromatic heterocycles. The molecule has 0 atom stereocenters. The van der Waals surface area contributed by atoms with E-state index in [9.17, 15) is 0 Å². The molecule has 0 nitrogen and oxygen atoms in total. The highest BCUT2D eigenvalue weighted by atomic mass is 79.9. The Morgan fingerprint density at radius 2 is 1.74 bits per heavy atom. The maximum Gasteiger partial charge on any atom is 0.0698 e. The zero-order valence-corrected chi connectivity index (χ0v) is 13.9. The highest BCUT2D eigenvalue weighted by Gasteiger charge is 2.19. The molecule has 0 amide bonds. The molecule has 1 aliphatic carbocycles. The Labute approximate surface area is 131 Å². The first kappa shape index (κ1) is 13.4. The molecule has 2 aromatic rings. The molecule has 98 valence electrons. The number of benzene rings is 2. The van der Waals surface area contributed by atoms with Gasteiger partial charge >= 0.3 is 0 Å². The predicted octanol–water partition coefficient (Wildman–Crippen LogP) is 5.70. The van der Waals surface area contributed by atoms with Crippen LogP contribution in [0.5, 0.6) is 0 Å². The summed E-state index contributed by atoms with van der Waals surface area (Å²) in [5.41, 5.74) is 7.42. The molecule has 0 aliphatic heterocycles. The van der Waals surface area contributed by atoms with Gasteiger partial charge in [0.15, 0.2) is 0 Å². The standard InChI is InChI=1S/C17H16Br2/c18-17(19)10-4-7-12-6-3-9-15-14-8-2-1-5-13(14)11-16(12)15/h1-3,5-6,8-9,17H,4,7,10-11H2. The van der Waals surface area contributed by atoms with Gasteiger partial charge < -0.3 is 0 Å². The van der Waals surface area contributed by atoms with Crippen LogP contribution in [-0.2, 0) is 12.8 Å². The summed E-state index contributed by atoms with van der Waals surface area (Å²) in [5.74, 6) is 0. The number of hydrogen-bond acceptors (Lipinski definition) is 0. The van der Waals surface area contributed by atoms with Crippen LogP contribution in [0.25, 0.3) is 11.1 Å². The normalized spacial score (nSPS) is 12.6. The Balaban J connectivity index is 1.86. The second kappa shape index (κ2) is 5.80. The van der Waals surface area contributed by atoms with Crippen molar-refractivity contribution >= 4 is 31.9 Å². The second-order valence-corrected chi connectivity index (χ2v) is 8.50. The van der Waals surface area contributed by atoms with E-state index in [2.05, 4.69) is 74.3 Å². The largest absolute Gasteiger partial charge is 0.0765 e. The summed E-state index contributed by atoms with van der Waals surface area (Å²) < 4.78 is 0.439. The SMILES string of the molecule is BrC(Br)CCCc1cccc2c1Cc1ccccc1-2. The lowest BCUT2D eigenvalue weighted by Crippen LogP contribution is -1.95. The van der Waals surface area contributed by atoms with E-state index in [1.54, 1.807) is 5.56 Å². The summed E-state index contributed by atoms with van der Waals surface area (Å²) in [5, 5.41) is 0. The third kappa shape index (κ3) is 2.80. The number of rotatable bonds is 4. The van der Waals surface area contributed by atoms with Crippen LogP contribution < -0.4 is 0 Å². The van der Waals surface area contributed by atoms with Gasteiger partial charge in [0.25, 0.3) is 0 Å². The Kier molecular flexibility index (Phi) is 4.09. The average molecular weight is 380 g/mol. The lowest BCUT2D eigenvalue weighted by atomic mass is 9.97. The van der Waals surface area contributed by atoms with Crippen LogP contribution in [0, 0.1) is 0 Å². The fourth-order valence-electron chi connectivity index (χ4n) is 2.90. The van der Waals surface area contributed by atoms with Gasteiger partial charge in [0.2, 0.25) is 0 Å². The summed E-state index contributed by atoms with van der Waals surface area (Å²) in [7, 11) is 0. The molecule has 0 radical (unpaired) electrons. The number of alkyl halides is 2. The average Bonchev–Trinajstić information content (AvgIpc) is 2.78. The van der Waals surface area contributed by atoms with Crippen molar-refractivity contribution in [1.82, 2.24) is 0 Å². The number of halogens is 2. The first-order valence-corrected chi connectivity index (χ1v) is 8.56. The fourth-order valence-corrected chi connectivity index (χ4v) is 3.55. The van der Waals surface area contributed by atoms with Crippen LogP contribution in [0.4, 0.5) is 0 Å². The summed E-state index contributed by atoms with van der Waals surface area (Å²) >= 11 is 7.10. The zero-order chi connectivity index (χ0) is 13.2. The molecule has 2 heteroatoms. The quantitative estimate of drug-likeness (QED) is 0.510. The van der Waals surface area contributed by atoms with Crippen LogP contribution in [0.2, 0.25) is 0 Å². The van der Waals surface area contributed by atoms with Crippen molar-refractivity contribution in [2.45, 2.75) is 29.4 Å². The van der Waals surface area contributed by atoms with E-state index in [-0.39, 0.29) is 0 Å². The number of fused-ring (bicyclic) bond motifs is 3. The zero-order valence-electron chi connectivity index (χ0n) is 10.7. The van der Waals surface area contributed by atoms with E-state index in [0.29, 0.717) is 3.74 Å². The Morgan fingerprint density at radius 3 is 2.58 bits per heavy atom. The van der Waals surface area contributed by atoms with Gasteiger partial charge in [-0.05, 0) is 53.5 Å². The molecule has 0 saturated carbocycles. The van der Waals surface area contributed by atoms with E-state index in [0.717, 1.165) is 12.8 Å². The molecule has 0 saturated heterocycles. The Bertz CT molecular complexity index is 588. The van der Waals surface area contributed by atoms with Crippen molar-refractivity contribution in [1.29, 1.82) is 0 Å². The van der Waals surface area contributed by atoms with Crippen molar-refractivity contribution in [2.75, 3.05) is 0 Å². The van der Waals surface area contributed by atoms with Gasteiger partial charge in [-0.25, -0.2) is 0 Å². The monoisotopic (exact) mass is 378 g/mol. The van der Waals surface area contributed by atoms with Gasteiger partial charge in [-0.2, -0.15) is 0 Å². The van der Waals surface area contributed by atoms with Gasteiger partial charge in [-0.3, -0.25) is 0 Å². The maximum absolute atomic E-state index is 3.55. The van der Waals surface area contributed by atoms with Crippen LogP contribution in [-0.4, -0.2) is 3.74 Å². The molecule has 1 aliphatic rings. The van der Waals surface area contributed by atoms with E-state index < -0.39 is 0 Å². The topological polar surface area (TPSA) is 0 Å².